The Labute approximate surface area is 203 Å². The van der Waals surface area contributed by atoms with Gasteiger partial charge in [-0.1, -0.05) is 11.6 Å². The molecule has 0 fully saturated rings. The zero-order chi connectivity index (χ0) is 25.4. The van der Waals surface area contributed by atoms with Crippen molar-refractivity contribution in [2.24, 2.45) is 0 Å². The molecule has 3 rings (SSSR count). The van der Waals surface area contributed by atoms with E-state index in [-0.39, 0.29) is 17.5 Å². The number of ether oxygens (including phenoxy) is 1. The number of fused-ring (bicyclic) bond motifs is 1. The SMILES string of the molecule is CN(C)C(=O)c1ccc(Nc2cc3c(cn2)cc(C(=O)N(C)C)n3C(=O)OC(C)(C)C)c(Cl)c1. The Morgan fingerprint density at radius 1 is 1.00 bits per heavy atom. The van der Waals surface area contributed by atoms with Gasteiger partial charge in [0.05, 0.1) is 16.2 Å². The smallest absolute Gasteiger partial charge is 0.419 e. The number of rotatable bonds is 4. The molecule has 0 bridgehead atoms. The molecule has 9 nitrogen and oxygen atoms in total. The molecule has 1 N–H and O–H groups in total. The highest BCUT2D eigenvalue weighted by Gasteiger charge is 2.26. The fourth-order valence-corrected chi connectivity index (χ4v) is 3.43. The van der Waals surface area contributed by atoms with E-state index in [1.165, 1.54) is 14.4 Å². The Balaban J connectivity index is 2.05. The standard InChI is InChI=1S/C24H28ClN5O4/c1-24(2,3)34-23(33)30-18-12-20(26-13-15(18)11-19(30)22(32)29(6)7)27-17-9-8-14(10-16(17)25)21(31)28(4)5/h8-13H,1-7H3,(H,26,27). The first-order valence-electron chi connectivity index (χ1n) is 10.5. The first-order valence-corrected chi connectivity index (χ1v) is 10.9. The van der Waals surface area contributed by atoms with Crippen LogP contribution in [-0.2, 0) is 4.74 Å². The maximum atomic E-state index is 13.0. The zero-order valence-corrected chi connectivity index (χ0v) is 21.0. The summed E-state index contributed by atoms with van der Waals surface area (Å²) in [7, 11) is 6.54. The minimum Gasteiger partial charge on any atom is -0.443 e. The number of nitrogens with zero attached hydrogens (tertiary/aromatic N) is 4. The average Bonchev–Trinajstić information content (AvgIpc) is 3.11. The van der Waals surface area contributed by atoms with Crippen molar-refractivity contribution in [1.82, 2.24) is 19.4 Å². The Hall–Kier alpha value is -3.59. The lowest BCUT2D eigenvalue weighted by molar-refractivity contribution is 0.0528. The van der Waals surface area contributed by atoms with Crippen molar-refractivity contribution in [3.05, 3.63) is 52.8 Å². The monoisotopic (exact) mass is 485 g/mol. The summed E-state index contributed by atoms with van der Waals surface area (Å²) in [5.41, 5.74) is 0.850. The lowest BCUT2D eigenvalue weighted by Crippen LogP contribution is -2.31. The van der Waals surface area contributed by atoms with E-state index in [1.807, 2.05) is 0 Å². The van der Waals surface area contributed by atoms with Gasteiger partial charge < -0.3 is 19.9 Å². The average molecular weight is 486 g/mol. The Morgan fingerprint density at radius 3 is 2.21 bits per heavy atom. The lowest BCUT2D eigenvalue weighted by Gasteiger charge is -2.21. The molecule has 0 radical (unpaired) electrons. The highest BCUT2D eigenvalue weighted by molar-refractivity contribution is 6.33. The largest absolute Gasteiger partial charge is 0.443 e. The summed E-state index contributed by atoms with van der Waals surface area (Å²) in [6, 6.07) is 8.15. The number of aromatic nitrogens is 2. The van der Waals surface area contributed by atoms with Crippen molar-refractivity contribution in [3.8, 4) is 0 Å². The highest BCUT2D eigenvalue weighted by atomic mass is 35.5. The van der Waals surface area contributed by atoms with E-state index in [1.54, 1.807) is 85.5 Å². The second-order valence-electron chi connectivity index (χ2n) is 9.19. The predicted molar refractivity (Wildman–Crippen MR) is 132 cm³/mol. The number of hydrogen-bond acceptors (Lipinski definition) is 6. The van der Waals surface area contributed by atoms with Crippen LogP contribution in [0.25, 0.3) is 10.9 Å². The molecule has 0 aliphatic heterocycles. The minimum absolute atomic E-state index is 0.165. The second kappa shape index (κ2) is 9.34. The fraction of sp³-hybridized carbons (Fsp3) is 0.333. The van der Waals surface area contributed by atoms with Gasteiger partial charge in [-0.05, 0) is 45.0 Å². The molecule has 0 aliphatic rings. The molecular formula is C24H28ClN5O4. The molecule has 2 amide bonds. The number of pyridine rings is 1. The number of halogens is 1. The molecule has 2 heterocycles. The van der Waals surface area contributed by atoms with Gasteiger partial charge in [-0.2, -0.15) is 0 Å². The first-order chi connectivity index (χ1) is 15.8. The molecule has 180 valence electrons. The fourth-order valence-electron chi connectivity index (χ4n) is 3.21. The third-order valence-electron chi connectivity index (χ3n) is 4.77. The third kappa shape index (κ3) is 5.31. The van der Waals surface area contributed by atoms with Gasteiger partial charge in [0.15, 0.2) is 0 Å². The summed E-state index contributed by atoms with van der Waals surface area (Å²) in [6.07, 6.45) is 0.887. The van der Waals surface area contributed by atoms with Crippen LogP contribution < -0.4 is 5.32 Å². The van der Waals surface area contributed by atoms with Crippen molar-refractivity contribution in [3.63, 3.8) is 0 Å². The van der Waals surface area contributed by atoms with Crippen molar-refractivity contribution >= 4 is 51.9 Å². The Kier molecular flexibility index (Phi) is 6.88. The maximum Gasteiger partial charge on any atom is 0.419 e. The van der Waals surface area contributed by atoms with Crippen LogP contribution >= 0.6 is 11.6 Å². The summed E-state index contributed by atoms with van der Waals surface area (Å²) in [4.78, 5) is 45.2. The molecule has 0 unspecified atom stereocenters. The molecule has 0 spiro atoms. The number of anilines is 2. The second-order valence-corrected chi connectivity index (χ2v) is 9.60. The van der Waals surface area contributed by atoms with Crippen LogP contribution in [0.5, 0.6) is 0 Å². The minimum atomic E-state index is -0.751. The molecule has 34 heavy (non-hydrogen) atoms. The van der Waals surface area contributed by atoms with E-state index >= 15 is 0 Å². The van der Waals surface area contributed by atoms with Gasteiger partial charge in [0.1, 0.15) is 17.1 Å². The van der Waals surface area contributed by atoms with Gasteiger partial charge in [0.25, 0.3) is 11.8 Å². The van der Waals surface area contributed by atoms with E-state index in [0.29, 0.717) is 33.0 Å². The van der Waals surface area contributed by atoms with Crippen molar-refractivity contribution in [2.45, 2.75) is 26.4 Å². The molecular weight excluding hydrogens is 458 g/mol. The van der Waals surface area contributed by atoms with Gasteiger partial charge in [0.2, 0.25) is 0 Å². The van der Waals surface area contributed by atoms with Crippen molar-refractivity contribution in [1.29, 1.82) is 0 Å². The number of nitrogens with one attached hydrogen (secondary N) is 1. The molecule has 0 saturated heterocycles. The molecule has 0 atom stereocenters. The molecule has 1 aromatic carbocycles. The van der Waals surface area contributed by atoms with Gasteiger partial charge in [-0.3, -0.25) is 9.59 Å². The van der Waals surface area contributed by atoms with E-state index in [4.69, 9.17) is 16.3 Å². The number of carbonyl (C=O) groups excluding carboxylic acids is 3. The van der Waals surface area contributed by atoms with Crippen LogP contribution in [0.4, 0.5) is 16.3 Å². The van der Waals surface area contributed by atoms with E-state index in [2.05, 4.69) is 10.3 Å². The summed E-state index contributed by atoms with van der Waals surface area (Å²) in [5.74, 6) is -0.116. The summed E-state index contributed by atoms with van der Waals surface area (Å²) in [5, 5.41) is 4.04. The molecule has 0 saturated carbocycles. The van der Waals surface area contributed by atoms with E-state index in [9.17, 15) is 14.4 Å². The maximum absolute atomic E-state index is 13.0. The normalized spacial score (nSPS) is 11.3. The van der Waals surface area contributed by atoms with Crippen LogP contribution in [0, 0.1) is 0 Å². The molecule has 0 aliphatic carbocycles. The zero-order valence-electron chi connectivity index (χ0n) is 20.3. The number of benzene rings is 1. The molecule has 2 aromatic heterocycles. The van der Waals surface area contributed by atoms with Crippen molar-refractivity contribution < 1.29 is 19.1 Å². The number of amides is 2. The van der Waals surface area contributed by atoms with Gasteiger partial charge in [-0.25, -0.2) is 14.3 Å². The van der Waals surface area contributed by atoms with Crippen LogP contribution in [0.15, 0.2) is 36.5 Å². The van der Waals surface area contributed by atoms with Gasteiger partial charge >= 0.3 is 6.09 Å². The van der Waals surface area contributed by atoms with Crippen LogP contribution in [-0.4, -0.2) is 71.1 Å². The summed E-state index contributed by atoms with van der Waals surface area (Å²) in [6.45, 7) is 5.27. The van der Waals surface area contributed by atoms with Crippen LogP contribution in [0.2, 0.25) is 5.02 Å². The molecule has 10 heteroatoms. The molecule has 3 aromatic rings. The van der Waals surface area contributed by atoms with Crippen LogP contribution in [0.1, 0.15) is 41.6 Å². The lowest BCUT2D eigenvalue weighted by atomic mass is 10.2. The van der Waals surface area contributed by atoms with Gasteiger partial charge in [-0.15, -0.1) is 0 Å². The third-order valence-corrected chi connectivity index (χ3v) is 5.08. The predicted octanol–water partition coefficient (Wildman–Crippen LogP) is 4.62. The Morgan fingerprint density at radius 2 is 1.65 bits per heavy atom. The topological polar surface area (TPSA) is 96.8 Å². The summed E-state index contributed by atoms with van der Waals surface area (Å²) < 4.78 is 6.79. The number of carbonyl (C=O) groups is 3. The van der Waals surface area contributed by atoms with Crippen LogP contribution in [0.3, 0.4) is 0 Å². The van der Waals surface area contributed by atoms with E-state index < -0.39 is 11.7 Å². The quantitative estimate of drug-likeness (QED) is 0.579. The first kappa shape index (κ1) is 25.0. The Bertz CT molecular complexity index is 1270. The highest BCUT2D eigenvalue weighted by Crippen LogP contribution is 2.29. The number of hydrogen-bond donors (Lipinski definition) is 1. The van der Waals surface area contributed by atoms with Crippen molar-refractivity contribution in [2.75, 3.05) is 33.5 Å². The summed E-state index contributed by atoms with van der Waals surface area (Å²) >= 11 is 6.39. The van der Waals surface area contributed by atoms with Gasteiger partial charge in [0, 0.05) is 51.4 Å². The van der Waals surface area contributed by atoms with E-state index in [0.717, 1.165) is 0 Å².